The van der Waals surface area contributed by atoms with Gasteiger partial charge in [-0.1, -0.05) is 6.07 Å². The molecule has 9 nitrogen and oxygen atoms in total. The second kappa shape index (κ2) is 10.8. The van der Waals surface area contributed by atoms with Crippen molar-refractivity contribution in [3.8, 4) is 11.4 Å². The summed E-state index contributed by atoms with van der Waals surface area (Å²) >= 11 is 0. The molecule has 1 unspecified atom stereocenters. The van der Waals surface area contributed by atoms with Crippen molar-refractivity contribution in [3.05, 3.63) is 51.9 Å². The third kappa shape index (κ3) is 6.11. The van der Waals surface area contributed by atoms with Crippen LogP contribution in [-0.4, -0.2) is 56.2 Å². The Morgan fingerprint density at radius 1 is 1.27 bits per heavy atom. The summed E-state index contributed by atoms with van der Waals surface area (Å²) in [6.45, 7) is 10.6. The number of aliphatic hydroxyl groups is 1. The van der Waals surface area contributed by atoms with Crippen LogP contribution in [0.4, 0.5) is 0 Å². The molecule has 1 aliphatic rings. The molecule has 2 N–H and O–H groups in total. The molecule has 0 amide bonds. The number of ether oxygens (including phenoxy) is 2. The maximum absolute atomic E-state index is 12.6. The number of hydrogen-bond acceptors (Lipinski definition) is 7. The molecule has 37 heavy (non-hydrogen) atoms. The van der Waals surface area contributed by atoms with E-state index in [2.05, 4.69) is 16.0 Å². The van der Waals surface area contributed by atoms with Gasteiger partial charge < -0.3 is 23.7 Å². The molecular weight excluding hydrogens is 472 g/mol. The highest BCUT2D eigenvalue weighted by molar-refractivity contribution is 5.82. The Balaban J connectivity index is 1.71. The number of carbonyl (C=O) groups is 1. The molecule has 1 saturated heterocycles. The number of carbonyl (C=O) groups excluding carboxylic acids is 1. The van der Waals surface area contributed by atoms with Gasteiger partial charge in [-0.05, 0) is 71.2 Å². The van der Waals surface area contributed by atoms with Gasteiger partial charge in [0, 0.05) is 50.2 Å². The second-order valence-electron chi connectivity index (χ2n) is 10.9. The van der Waals surface area contributed by atoms with Gasteiger partial charge in [-0.15, -0.1) is 0 Å². The molecule has 0 bridgehead atoms. The van der Waals surface area contributed by atoms with Crippen molar-refractivity contribution in [1.29, 1.82) is 0 Å². The van der Waals surface area contributed by atoms with E-state index in [9.17, 15) is 14.7 Å². The average Bonchev–Trinajstić information content (AvgIpc) is 3.20. The van der Waals surface area contributed by atoms with Crippen LogP contribution in [0.1, 0.15) is 57.7 Å². The number of fused-ring (bicyclic) bond motifs is 1. The Hall–Kier alpha value is -3.01. The standard InChI is InChI=1S/C28H38N4O5/c1-17-13-20(16-31(6)26(17)34)25-30-22-8-7-19(14-23(22)32(25)21-9-11-36-12-10-21)15-29-24(18(2)33)27(35)37-28(3,4)5/h7-8,13-14,16,18,21,24,29,33H,9-12,15H2,1-6H3/t18-,24?/m1/s1. The van der Waals surface area contributed by atoms with Crippen LogP contribution in [0, 0.1) is 6.92 Å². The molecule has 1 aliphatic heterocycles. The Morgan fingerprint density at radius 2 is 1.97 bits per heavy atom. The number of hydrogen-bond donors (Lipinski definition) is 2. The lowest BCUT2D eigenvalue weighted by Crippen LogP contribution is -2.47. The van der Waals surface area contributed by atoms with Gasteiger partial charge in [0.1, 0.15) is 17.5 Å². The largest absolute Gasteiger partial charge is 0.459 e. The molecule has 3 aromatic rings. The molecular formula is C28H38N4O5. The molecule has 3 heterocycles. The van der Waals surface area contributed by atoms with E-state index in [0.29, 0.717) is 25.3 Å². The first-order valence-corrected chi connectivity index (χ1v) is 12.8. The van der Waals surface area contributed by atoms with Crippen molar-refractivity contribution >= 4 is 17.0 Å². The number of imidazole rings is 1. The summed E-state index contributed by atoms with van der Waals surface area (Å²) in [5.74, 6) is 0.337. The van der Waals surface area contributed by atoms with Crippen LogP contribution in [0.15, 0.2) is 35.3 Å². The number of benzene rings is 1. The molecule has 2 atom stereocenters. The van der Waals surface area contributed by atoms with Crippen LogP contribution in [0.3, 0.4) is 0 Å². The molecule has 0 radical (unpaired) electrons. The molecule has 1 fully saturated rings. The van der Waals surface area contributed by atoms with Crippen LogP contribution in [0.5, 0.6) is 0 Å². The number of pyridine rings is 1. The van der Waals surface area contributed by atoms with Crippen LogP contribution in [0.2, 0.25) is 0 Å². The van der Waals surface area contributed by atoms with Gasteiger partial charge >= 0.3 is 5.97 Å². The van der Waals surface area contributed by atoms with E-state index in [1.807, 2.05) is 31.3 Å². The van der Waals surface area contributed by atoms with Crippen LogP contribution >= 0.6 is 0 Å². The van der Waals surface area contributed by atoms with E-state index < -0.39 is 23.7 Å². The van der Waals surface area contributed by atoms with E-state index in [-0.39, 0.29) is 11.6 Å². The predicted octanol–water partition coefficient (Wildman–Crippen LogP) is 3.24. The summed E-state index contributed by atoms with van der Waals surface area (Å²) in [5, 5.41) is 13.4. The number of nitrogens with zero attached hydrogens (tertiary/aromatic N) is 3. The quantitative estimate of drug-likeness (QED) is 0.470. The maximum atomic E-state index is 12.6. The lowest BCUT2D eigenvalue weighted by molar-refractivity contribution is -0.160. The summed E-state index contributed by atoms with van der Waals surface area (Å²) in [6, 6.07) is 7.29. The van der Waals surface area contributed by atoms with Gasteiger partial charge in [0.05, 0.1) is 17.1 Å². The third-order valence-corrected chi connectivity index (χ3v) is 6.60. The Labute approximate surface area is 217 Å². The van der Waals surface area contributed by atoms with Gasteiger partial charge in [0.15, 0.2) is 0 Å². The van der Waals surface area contributed by atoms with E-state index >= 15 is 0 Å². The summed E-state index contributed by atoms with van der Waals surface area (Å²) in [7, 11) is 1.76. The Bertz CT molecular complexity index is 1300. The molecule has 0 saturated carbocycles. The van der Waals surface area contributed by atoms with Gasteiger partial charge in [-0.2, -0.15) is 0 Å². The van der Waals surface area contributed by atoms with Crippen molar-refractivity contribution in [1.82, 2.24) is 19.4 Å². The SMILES string of the molecule is Cc1cc(-c2nc3ccc(CNC(C(=O)OC(C)(C)C)[C@@H](C)O)cc3n2C2CCOCC2)cn(C)c1=O. The van der Waals surface area contributed by atoms with Gasteiger partial charge in [-0.25, -0.2) is 4.98 Å². The highest BCUT2D eigenvalue weighted by Gasteiger charge is 2.29. The van der Waals surface area contributed by atoms with Crippen molar-refractivity contribution in [3.63, 3.8) is 0 Å². The molecule has 9 heteroatoms. The van der Waals surface area contributed by atoms with E-state index in [0.717, 1.165) is 40.8 Å². The lowest BCUT2D eigenvalue weighted by atomic mass is 10.1. The van der Waals surface area contributed by atoms with Gasteiger partial charge in [0.25, 0.3) is 5.56 Å². The molecule has 4 rings (SSSR count). The fourth-order valence-corrected chi connectivity index (χ4v) is 4.81. The number of aromatic nitrogens is 3. The topological polar surface area (TPSA) is 108 Å². The average molecular weight is 511 g/mol. The molecule has 1 aromatic carbocycles. The minimum Gasteiger partial charge on any atom is -0.459 e. The summed E-state index contributed by atoms with van der Waals surface area (Å²) < 4.78 is 15.0. The minimum atomic E-state index is -0.911. The smallest absolute Gasteiger partial charge is 0.326 e. The summed E-state index contributed by atoms with van der Waals surface area (Å²) in [4.78, 5) is 29.9. The zero-order valence-electron chi connectivity index (χ0n) is 22.6. The van der Waals surface area contributed by atoms with Crippen LogP contribution in [0.25, 0.3) is 22.4 Å². The highest BCUT2D eigenvalue weighted by atomic mass is 16.6. The van der Waals surface area contributed by atoms with Crippen LogP contribution in [-0.2, 0) is 27.9 Å². The van der Waals surface area contributed by atoms with Crippen molar-refractivity contribution < 1.29 is 19.4 Å². The molecule has 2 aromatic heterocycles. The number of aliphatic hydroxyl groups excluding tert-OH is 1. The summed E-state index contributed by atoms with van der Waals surface area (Å²) in [5.41, 5.74) is 3.69. The van der Waals surface area contributed by atoms with Crippen molar-refractivity contribution in [2.24, 2.45) is 7.05 Å². The number of aryl methyl sites for hydroxylation is 2. The summed E-state index contributed by atoms with van der Waals surface area (Å²) in [6.07, 6.45) is 2.66. The Kier molecular flexibility index (Phi) is 7.87. The lowest BCUT2D eigenvalue weighted by Gasteiger charge is -2.26. The first-order chi connectivity index (χ1) is 17.4. The number of rotatable bonds is 7. The normalized spacial score (nSPS) is 16.6. The third-order valence-electron chi connectivity index (χ3n) is 6.60. The minimum absolute atomic E-state index is 0.0245. The van der Waals surface area contributed by atoms with Gasteiger partial charge in [0.2, 0.25) is 0 Å². The highest BCUT2D eigenvalue weighted by Crippen LogP contribution is 2.33. The van der Waals surface area contributed by atoms with E-state index in [4.69, 9.17) is 14.5 Å². The van der Waals surface area contributed by atoms with Crippen LogP contribution < -0.4 is 10.9 Å². The van der Waals surface area contributed by atoms with Gasteiger partial charge in [-0.3, -0.25) is 14.9 Å². The zero-order chi connectivity index (χ0) is 26.9. The molecule has 0 aliphatic carbocycles. The Morgan fingerprint density at radius 3 is 2.59 bits per heavy atom. The van der Waals surface area contributed by atoms with Crippen molar-refractivity contribution in [2.45, 2.75) is 77.8 Å². The predicted molar refractivity (Wildman–Crippen MR) is 142 cm³/mol. The first kappa shape index (κ1) is 27.0. The number of nitrogens with one attached hydrogen (secondary N) is 1. The first-order valence-electron chi connectivity index (χ1n) is 12.8. The molecule has 200 valence electrons. The van der Waals surface area contributed by atoms with E-state index in [1.165, 1.54) is 0 Å². The second-order valence-corrected chi connectivity index (χ2v) is 10.9. The fourth-order valence-electron chi connectivity index (χ4n) is 4.81. The number of esters is 1. The fraction of sp³-hybridized carbons (Fsp3) is 0.536. The monoisotopic (exact) mass is 510 g/mol. The zero-order valence-corrected chi connectivity index (χ0v) is 22.6. The molecule has 0 spiro atoms. The maximum Gasteiger partial charge on any atom is 0.326 e. The van der Waals surface area contributed by atoms with E-state index in [1.54, 1.807) is 39.3 Å². The van der Waals surface area contributed by atoms with Crippen molar-refractivity contribution in [2.75, 3.05) is 13.2 Å².